The minimum absolute atomic E-state index is 0.150. The van der Waals surface area contributed by atoms with Gasteiger partial charge in [-0.1, -0.05) is 32.8 Å². The van der Waals surface area contributed by atoms with Crippen molar-refractivity contribution in [3.05, 3.63) is 23.9 Å². The van der Waals surface area contributed by atoms with Crippen LogP contribution in [0.2, 0.25) is 0 Å². The van der Waals surface area contributed by atoms with Crippen LogP contribution in [0.25, 0.3) is 0 Å². The first-order chi connectivity index (χ1) is 8.71. The predicted octanol–water partition coefficient (Wildman–Crippen LogP) is 2.99. The molecule has 0 aliphatic carbocycles. The first-order valence-corrected chi connectivity index (χ1v) is 6.21. The van der Waals surface area contributed by atoms with Crippen molar-refractivity contribution in [2.45, 2.75) is 33.1 Å². The van der Waals surface area contributed by atoms with Crippen LogP contribution in [0.1, 0.15) is 43.6 Å². The summed E-state index contributed by atoms with van der Waals surface area (Å²) in [6.45, 7) is 4.85. The maximum absolute atomic E-state index is 11.5. The van der Waals surface area contributed by atoms with E-state index in [4.69, 9.17) is 10.00 Å². The Labute approximate surface area is 108 Å². The zero-order chi connectivity index (χ0) is 13.4. The van der Waals surface area contributed by atoms with Crippen LogP contribution in [-0.4, -0.2) is 17.4 Å². The summed E-state index contributed by atoms with van der Waals surface area (Å²) in [6, 6.07) is 6.87. The Kier molecular flexibility index (Phi) is 5.86. The molecule has 96 valence electrons. The molecule has 0 aliphatic heterocycles. The minimum atomic E-state index is -0.273. The van der Waals surface area contributed by atoms with Gasteiger partial charge in [-0.05, 0) is 12.0 Å². The molecule has 4 heteroatoms. The molecule has 0 N–H and O–H groups in total. The number of aromatic nitrogens is 1. The van der Waals surface area contributed by atoms with E-state index >= 15 is 0 Å². The number of ketones is 1. The number of hydrogen-bond donors (Lipinski definition) is 0. The highest BCUT2D eigenvalue weighted by atomic mass is 16.5. The van der Waals surface area contributed by atoms with Crippen molar-refractivity contribution in [3.63, 3.8) is 0 Å². The van der Waals surface area contributed by atoms with Gasteiger partial charge in [0.05, 0.1) is 12.7 Å². The van der Waals surface area contributed by atoms with Crippen molar-refractivity contribution >= 4 is 5.78 Å². The van der Waals surface area contributed by atoms with Gasteiger partial charge < -0.3 is 4.74 Å². The van der Waals surface area contributed by atoms with Crippen LogP contribution in [0.15, 0.2) is 18.2 Å². The highest BCUT2D eigenvalue weighted by Crippen LogP contribution is 2.13. The second-order valence-electron chi connectivity index (χ2n) is 4.11. The van der Waals surface area contributed by atoms with Crippen LogP contribution in [0, 0.1) is 17.2 Å². The molecule has 4 nitrogen and oxygen atoms in total. The third-order valence-electron chi connectivity index (χ3n) is 2.87. The van der Waals surface area contributed by atoms with Gasteiger partial charge in [0.15, 0.2) is 5.78 Å². The number of rotatable bonds is 7. The Morgan fingerprint density at radius 1 is 1.44 bits per heavy atom. The molecule has 18 heavy (non-hydrogen) atoms. The number of Topliss-reactive ketones (excluding diaryl/α,β-unsaturated/α-hetero) is 1. The van der Waals surface area contributed by atoms with Gasteiger partial charge in [-0.25, -0.2) is 4.98 Å². The highest BCUT2D eigenvalue weighted by molar-refractivity contribution is 5.95. The van der Waals surface area contributed by atoms with Crippen molar-refractivity contribution in [1.29, 1.82) is 5.26 Å². The van der Waals surface area contributed by atoms with Gasteiger partial charge in [0.2, 0.25) is 5.88 Å². The quantitative estimate of drug-likeness (QED) is 0.694. The number of ether oxygens (including phenoxy) is 1. The molecule has 0 spiro atoms. The average Bonchev–Trinajstić information content (AvgIpc) is 2.40. The van der Waals surface area contributed by atoms with E-state index in [0.29, 0.717) is 24.1 Å². The topological polar surface area (TPSA) is 63.0 Å². The molecule has 0 aromatic carbocycles. The summed E-state index contributed by atoms with van der Waals surface area (Å²) in [4.78, 5) is 15.6. The lowest BCUT2D eigenvalue weighted by molar-refractivity contribution is 0.0991. The fourth-order valence-corrected chi connectivity index (χ4v) is 1.54. The number of hydrogen-bond acceptors (Lipinski definition) is 4. The molecule has 0 fully saturated rings. The van der Waals surface area contributed by atoms with E-state index in [-0.39, 0.29) is 12.2 Å². The number of pyridine rings is 1. The average molecular weight is 246 g/mol. The van der Waals surface area contributed by atoms with Gasteiger partial charge in [-0.15, -0.1) is 0 Å². The molecular weight excluding hydrogens is 228 g/mol. The second-order valence-corrected chi connectivity index (χ2v) is 4.11. The summed E-state index contributed by atoms with van der Waals surface area (Å²) in [5, 5.41) is 8.48. The van der Waals surface area contributed by atoms with E-state index in [1.165, 1.54) is 0 Å². The summed E-state index contributed by atoms with van der Waals surface area (Å²) in [5.41, 5.74) is 0.290. The molecular formula is C14H18N2O2. The Bertz CT molecular complexity index is 434. The van der Waals surface area contributed by atoms with Gasteiger partial charge in [0.25, 0.3) is 0 Å². The lowest BCUT2D eigenvalue weighted by Gasteiger charge is -2.13. The van der Waals surface area contributed by atoms with Crippen molar-refractivity contribution in [1.82, 2.24) is 4.98 Å². The Morgan fingerprint density at radius 3 is 2.78 bits per heavy atom. The molecule has 0 aliphatic rings. The standard InChI is InChI=1S/C14H18N2O2/c1-3-11(4-2)10-18-14-7-5-6-12(16-14)13(17)8-9-15/h5-7,11H,3-4,8,10H2,1-2H3. The molecule has 1 rings (SSSR count). The minimum Gasteiger partial charge on any atom is -0.477 e. The van der Waals surface area contributed by atoms with Crippen LogP contribution in [0.4, 0.5) is 0 Å². The zero-order valence-corrected chi connectivity index (χ0v) is 10.8. The summed E-state index contributed by atoms with van der Waals surface area (Å²) < 4.78 is 5.57. The lowest BCUT2D eigenvalue weighted by Crippen LogP contribution is -2.11. The summed E-state index contributed by atoms with van der Waals surface area (Å²) >= 11 is 0. The third kappa shape index (κ3) is 4.17. The molecule has 0 bridgehead atoms. The van der Waals surface area contributed by atoms with Gasteiger partial charge in [0, 0.05) is 6.07 Å². The summed E-state index contributed by atoms with van der Waals surface area (Å²) in [6.07, 6.45) is 1.97. The number of carbonyl (C=O) groups excluding carboxylic acids is 1. The fraction of sp³-hybridized carbons (Fsp3) is 0.500. The van der Waals surface area contributed by atoms with Crippen molar-refractivity contribution < 1.29 is 9.53 Å². The molecule has 0 atom stereocenters. The molecule has 0 amide bonds. The van der Waals surface area contributed by atoms with Crippen molar-refractivity contribution in [3.8, 4) is 11.9 Å². The lowest BCUT2D eigenvalue weighted by atomic mass is 10.1. The van der Waals surface area contributed by atoms with E-state index in [2.05, 4.69) is 18.8 Å². The fourth-order valence-electron chi connectivity index (χ4n) is 1.54. The van der Waals surface area contributed by atoms with Crippen LogP contribution in [0.3, 0.4) is 0 Å². The van der Waals surface area contributed by atoms with Crippen LogP contribution in [-0.2, 0) is 0 Å². The zero-order valence-electron chi connectivity index (χ0n) is 10.8. The SMILES string of the molecule is CCC(CC)COc1cccc(C(=O)CC#N)n1. The van der Waals surface area contributed by atoms with Crippen LogP contribution < -0.4 is 4.74 Å². The highest BCUT2D eigenvalue weighted by Gasteiger charge is 2.09. The van der Waals surface area contributed by atoms with Gasteiger partial charge in [-0.3, -0.25) is 4.79 Å². The number of nitrogens with zero attached hydrogens (tertiary/aromatic N) is 2. The summed E-state index contributed by atoms with van der Waals surface area (Å²) in [7, 11) is 0. The third-order valence-corrected chi connectivity index (χ3v) is 2.87. The molecule has 0 saturated heterocycles. The Balaban J connectivity index is 2.65. The summed E-state index contributed by atoms with van der Waals surface area (Å²) in [5.74, 6) is 0.682. The number of carbonyl (C=O) groups is 1. The molecule has 1 aromatic rings. The van der Waals surface area contributed by atoms with E-state index < -0.39 is 0 Å². The van der Waals surface area contributed by atoms with Crippen molar-refractivity contribution in [2.24, 2.45) is 5.92 Å². The van der Waals surface area contributed by atoms with Gasteiger partial charge in [0.1, 0.15) is 12.1 Å². The molecule has 1 aromatic heterocycles. The Hall–Kier alpha value is -1.89. The second kappa shape index (κ2) is 7.44. The van der Waals surface area contributed by atoms with Crippen molar-refractivity contribution in [2.75, 3.05) is 6.61 Å². The monoisotopic (exact) mass is 246 g/mol. The van der Waals surface area contributed by atoms with E-state index in [0.717, 1.165) is 12.8 Å². The van der Waals surface area contributed by atoms with Gasteiger partial charge >= 0.3 is 0 Å². The largest absolute Gasteiger partial charge is 0.477 e. The van der Waals surface area contributed by atoms with Gasteiger partial charge in [-0.2, -0.15) is 5.26 Å². The molecule has 0 unspecified atom stereocenters. The van der Waals surface area contributed by atoms with E-state index in [1.54, 1.807) is 18.2 Å². The predicted molar refractivity (Wildman–Crippen MR) is 68.4 cm³/mol. The molecule has 1 heterocycles. The van der Waals surface area contributed by atoms with Crippen LogP contribution >= 0.6 is 0 Å². The molecule has 0 saturated carbocycles. The van der Waals surface area contributed by atoms with E-state index in [9.17, 15) is 4.79 Å². The number of nitriles is 1. The smallest absolute Gasteiger partial charge is 0.213 e. The van der Waals surface area contributed by atoms with E-state index in [1.807, 2.05) is 6.07 Å². The first kappa shape index (κ1) is 14.2. The maximum atomic E-state index is 11.5. The normalized spacial score (nSPS) is 10.1. The molecule has 0 radical (unpaired) electrons. The van der Waals surface area contributed by atoms with Crippen LogP contribution in [0.5, 0.6) is 5.88 Å². The Morgan fingerprint density at radius 2 is 2.17 bits per heavy atom. The maximum Gasteiger partial charge on any atom is 0.213 e. The first-order valence-electron chi connectivity index (χ1n) is 6.21.